The highest BCUT2D eigenvalue weighted by Crippen LogP contribution is 2.18. The fourth-order valence-corrected chi connectivity index (χ4v) is 2.07. The van der Waals surface area contributed by atoms with Crippen molar-refractivity contribution in [1.29, 1.82) is 0 Å². The Morgan fingerprint density at radius 3 is 2.67 bits per heavy atom. The van der Waals surface area contributed by atoms with Gasteiger partial charge in [-0.1, -0.05) is 6.07 Å². The van der Waals surface area contributed by atoms with E-state index in [1.807, 2.05) is 5.01 Å². The number of piperazine rings is 1. The topological polar surface area (TPSA) is 44.8 Å². The van der Waals surface area contributed by atoms with Crippen LogP contribution >= 0.6 is 0 Å². The average molecular weight is 293 g/mol. The lowest BCUT2D eigenvalue weighted by atomic mass is 10.2. The van der Waals surface area contributed by atoms with Crippen molar-refractivity contribution in [2.75, 3.05) is 40.3 Å². The Hall–Kier alpha value is -1.92. The first-order chi connectivity index (χ1) is 10.1. The third kappa shape index (κ3) is 4.54. The van der Waals surface area contributed by atoms with Crippen molar-refractivity contribution in [3.05, 3.63) is 35.7 Å². The highest BCUT2D eigenvalue weighted by atomic mass is 19.1. The standard InChI is InChI=1S/C15H20FN3O2/c1-18-7-9-19(10-8-18)17-15(20)6-4-12-3-5-14(21-2)13(16)11-12/h3-6,11H,7-10H2,1-2H3,(H,17,20)/b6-4+. The minimum absolute atomic E-state index is 0.189. The van der Waals surface area contributed by atoms with Crippen molar-refractivity contribution in [3.63, 3.8) is 0 Å². The monoisotopic (exact) mass is 293 g/mol. The van der Waals surface area contributed by atoms with E-state index in [9.17, 15) is 9.18 Å². The zero-order valence-electron chi connectivity index (χ0n) is 12.3. The predicted molar refractivity (Wildman–Crippen MR) is 79.2 cm³/mol. The van der Waals surface area contributed by atoms with Gasteiger partial charge in [0.05, 0.1) is 7.11 Å². The highest BCUT2D eigenvalue weighted by molar-refractivity contribution is 5.91. The summed E-state index contributed by atoms with van der Waals surface area (Å²) in [5, 5.41) is 1.89. The molecule has 1 heterocycles. The van der Waals surface area contributed by atoms with Crippen molar-refractivity contribution in [2.24, 2.45) is 0 Å². The number of carbonyl (C=O) groups excluding carboxylic acids is 1. The normalized spacial score (nSPS) is 17.1. The summed E-state index contributed by atoms with van der Waals surface area (Å²) in [7, 11) is 3.47. The van der Waals surface area contributed by atoms with Crippen LogP contribution in [0.2, 0.25) is 0 Å². The van der Waals surface area contributed by atoms with Crippen molar-refractivity contribution in [2.45, 2.75) is 0 Å². The average Bonchev–Trinajstić information content (AvgIpc) is 2.48. The molecule has 0 aromatic heterocycles. The zero-order valence-corrected chi connectivity index (χ0v) is 12.3. The molecular weight excluding hydrogens is 273 g/mol. The van der Waals surface area contributed by atoms with E-state index in [2.05, 4.69) is 17.4 Å². The number of halogens is 1. The van der Waals surface area contributed by atoms with Gasteiger partial charge in [0.15, 0.2) is 11.6 Å². The molecule has 1 aliphatic rings. The van der Waals surface area contributed by atoms with Gasteiger partial charge in [-0.05, 0) is 30.8 Å². The highest BCUT2D eigenvalue weighted by Gasteiger charge is 2.14. The lowest BCUT2D eigenvalue weighted by Crippen LogP contribution is -2.52. The molecule has 0 radical (unpaired) electrons. The molecule has 21 heavy (non-hydrogen) atoms. The summed E-state index contributed by atoms with van der Waals surface area (Å²) in [6.07, 6.45) is 2.98. The second kappa shape index (κ2) is 7.19. The number of likely N-dealkylation sites (N-methyl/N-ethyl adjacent to an activating group) is 1. The molecule has 1 aromatic rings. The minimum atomic E-state index is -0.445. The van der Waals surface area contributed by atoms with E-state index in [1.165, 1.54) is 25.3 Å². The van der Waals surface area contributed by atoms with Gasteiger partial charge >= 0.3 is 0 Å². The molecule has 0 saturated carbocycles. The first-order valence-electron chi connectivity index (χ1n) is 6.84. The van der Waals surface area contributed by atoms with Crippen LogP contribution in [0, 0.1) is 5.82 Å². The molecule has 1 aliphatic heterocycles. The van der Waals surface area contributed by atoms with Gasteiger partial charge in [0.1, 0.15) is 0 Å². The summed E-state index contributed by atoms with van der Waals surface area (Å²) in [6.45, 7) is 3.45. The number of nitrogens with zero attached hydrogens (tertiary/aromatic N) is 2. The first-order valence-corrected chi connectivity index (χ1v) is 6.84. The van der Waals surface area contributed by atoms with Gasteiger partial charge in [-0.3, -0.25) is 10.2 Å². The molecule has 0 unspecified atom stereocenters. The fraction of sp³-hybridized carbons (Fsp3) is 0.400. The summed E-state index contributed by atoms with van der Waals surface area (Å²) in [5.41, 5.74) is 3.42. The lowest BCUT2D eigenvalue weighted by Gasteiger charge is -2.31. The molecule has 1 aromatic carbocycles. The molecule has 0 bridgehead atoms. The van der Waals surface area contributed by atoms with Crippen LogP contribution < -0.4 is 10.2 Å². The van der Waals surface area contributed by atoms with Crippen LogP contribution in [0.5, 0.6) is 5.75 Å². The van der Waals surface area contributed by atoms with Gasteiger partial charge in [0.25, 0.3) is 5.91 Å². The zero-order chi connectivity index (χ0) is 15.2. The molecule has 114 valence electrons. The lowest BCUT2D eigenvalue weighted by molar-refractivity contribution is -0.121. The van der Waals surface area contributed by atoms with E-state index in [-0.39, 0.29) is 11.7 Å². The number of hydrazine groups is 1. The molecule has 0 aliphatic carbocycles. The number of nitrogens with one attached hydrogen (secondary N) is 1. The maximum absolute atomic E-state index is 13.5. The molecule has 1 fully saturated rings. The Kier molecular flexibility index (Phi) is 5.30. The van der Waals surface area contributed by atoms with Gasteiger partial charge < -0.3 is 9.64 Å². The fourth-order valence-electron chi connectivity index (χ4n) is 2.07. The molecular formula is C15H20FN3O2. The SMILES string of the molecule is COc1ccc(/C=C/C(=O)NN2CCN(C)CC2)cc1F. The summed E-state index contributed by atoms with van der Waals surface area (Å²) in [6, 6.07) is 4.56. The van der Waals surface area contributed by atoms with Crippen LogP contribution in [0.3, 0.4) is 0 Å². The van der Waals surface area contributed by atoms with Crippen LogP contribution in [0.15, 0.2) is 24.3 Å². The summed E-state index contributed by atoms with van der Waals surface area (Å²) in [5.74, 6) is -0.469. The smallest absolute Gasteiger partial charge is 0.258 e. The van der Waals surface area contributed by atoms with E-state index < -0.39 is 5.82 Å². The second-order valence-corrected chi connectivity index (χ2v) is 4.99. The van der Waals surface area contributed by atoms with Crippen molar-refractivity contribution in [3.8, 4) is 5.75 Å². The largest absolute Gasteiger partial charge is 0.494 e. The Morgan fingerprint density at radius 1 is 1.33 bits per heavy atom. The Labute approximate surface area is 124 Å². The second-order valence-electron chi connectivity index (χ2n) is 4.99. The molecule has 1 saturated heterocycles. The van der Waals surface area contributed by atoms with Crippen LogP contribution in [-0.2, 0) is 4.79 Å². The molecule has 0 spiro atoms. The molecule has 2 rings (SSSR count). The summed E-state index contributed by atoms with van der Waals surface area (Å²) >= 11 is 0. The minimum Gasteiger partial charge on any atom is -0.494 e. The third-order valence-electron chi connectivity index (χ3n) is 3.37. The van der Waals surface area contributed by atoms with Crippen LogP contribution in [0.4, 0.5) is 4.39 Å². The maximum Gasteiger partial charge on any atom is 0.258 e. The predicted octanol–water partition coefficient (Wildman–Crippen LogP) is 1.13. The molecule has 1 N–H and O–H groups in total. The molecule has 5 nitrogen and oxygen atoms in total. The Balaban J connectivity index is 1.88. The number of amides is 1. The van der Waals surface area contributed by atoms with Crippen molar-refractivity contribution < 1.29 is 13.9 Å². The van der Waals surface area contributed by atoms with Gasteiger partial charge in [0.2, 0.25) is 0 Å². The summed E-state index contributed by atoms with van der Waals surface area (Å²) < 4.78 is 18.4. The number of hydrogen-bond donors (Lipinski definition) is 1. The third-order valence-corrected chi connectivity index (χ3v) is 3.37. The Bertz CT molecular complexity index is 526. The van der Waals surface area contributed by atoms with Gasteiger partial charge in [-0.25, -0.2) is 9.40 Å². The molecule has 1 amide bonds. The van der Waals surface area contributed by atoms with E-state index >= 15 is 0 Å². The van der Waals surface area contributed by atoms with E-state index in [0.29, 0.717) is 5.56 Å². The van der Waals surface area contributed by atoms with Crippen LogP contribution in [0.25, 0.3) is 6.08 Å². The van der Waals surface area contributed by atoms with Crippen LogP contribution in [-0.4, -0.2) is 56.2 Å². The van der Waals surface area contributed by atoms with Crippen molar-refractivity contribution in [1.82, 2.24) is 15.3 Å². The van der Waals surface area contributed by atoms with Gasteiger partial charge in [-0.15, -0.1) is 0 Å². The van der Waals surface area contributed by atoms with Crippen molar-refractivity contribution >= 4 is 12.0 Å². The van der Waals surface area contributed by atoms with E-state index in [4.69, 9.17) is 4.74 Å². The number of hydrogen-bond acceptors (Lipinski definition) is 4. The quantitative estimate of drug-likeness (QED) is 0.845. The van der Waals surface area contributed by atoms with Gasteiger partial charge in [0, 0.05) is 32.3 Å². The number of ether oxygens (including phenoxy) is 1. The Morgan fingerprint density at radius 2 is 2.05 bits per heavy atom. The number of rotatable bonds is 4. The van der Waals surface area contributed by atoms with Gasteiger partial charge in [-0.2, -0.15) is 0 Å². The number of methoxy groups -OCH3 is 1. The molecule has 6 heteroatoms. The number of carbonyl (C=O) groups is 1. The number of benzene rings is 1. The van der Waals surface area contributed by atoms with E-state index in [0.717, 1.165) is 26.2 Å². The van der Waals surface area contributed by atoms with E-state index in [1.54, 1.807) is 12.1 Å². The first kappa shape index (κ1) is 15.5. The molecule has 0 atom stereocenters. The van der Waals surface area contributed by atoms with Crippen LogP contribution in [0.1, 0.15) is 5.56 Å². The summed E-state index contributed by atoms with van der Waals surface area (Å²) in [4.78, 5) is 14.0. The maximum atomic E-state index is 13.5.